The van der Waals surface area contributed by atoms with Crippen LogP contribution in [-0.4, -0.2) is 48.7 Å². The Labute approximate surface area is 66.2 Å². The van der Waals surface area contributed by atoms with E-state index in [0.29, 0.717) is 13.0 Å². The molecule has 4 heteroatoms. The fourth-order valence-electron chi connectivity index (χ4n) is 1.33. The fraction of sp³-hybridized carbons (Fsp3) is 1.00. The summed E-state index contributed by atoms with van der Waals surface area (Å²) in [5.41, 5.74) is -1.09. The molecule has 1 rings (SSSR count). The third kappa shape index (κ3) is 1.90. The molecule has 1 fully saturated rings. The molecule has 0 radical (unpaired) electrons. The summed E-state index contributed by atoms with van der Waals surface area (Å²) in [5.74, 6) is 0. The summed E-state index contributed by atoms with van der Waals surface area (Å²) in [5, 5.41) is 22.1. The van der Waals surface area contributed by atoms with E-state index in [4.69, 9.17) is 4.74 Å². The van der Waals surface area contributed by atoms with Crippen molar-refractivity contribution in [2.75, 3.05) is 26.8 Å². The number of hydrogen-bond donors (Lipinski definition) is 3. The second-order valence-corrected chi connectivity index (χ2v) is 3.02. The van der Waals surface area contributed by atoms with Gasteiger partial charge >= 0.3 is 0 Å². The average molecular weight is 161 g/mol. The maximum atomic E-state index is 9.70. The third-order valence-electron chi connectivity index (χ3n) is 2.04. The van der Waals surface area contributed by atoms with Crippen molar-refractivity contribution < 1.29 is 14.9 Å². The highest BCUT2D eigenvalue weighted by Crippen LogP contribution is 2.16. The summed E-state index contributed by atoms with van der Waals surface area (Å²) in [6, 6.07) is 0. The van der Waals surface area contributed by atoms with Crippen LogP contribution >= 0.6 is 0 Å². The molecule has 0 aromatic heterocycles. The molecule has 1 aliphatic heterocycles. The molecule has 0 spiro atoms. The first-order valence-corrected chi connectivity index (χ1v) is 3.79. The van der Waals surface area contributed by atoms with Gasteiger partial charge in [-0.15, -0.1) is 0 Å². The Morgan fingerprint density at radius 1 is 1.73 bits per heavy atom. The molecule has 2 atom stereocenters. The number of ether oxygens (including phenoxy) is 1. The van der Waals surface area contributed by atoms with Crippen molar-refractivity contribution in [1.82, 2.24) is 5.32 Å². The lowest BCUT2D eigenvalue weighted by atomic mass is 9.92. The molecule has 0 aromatic rings. The minimum atomic E-state index is -1.09. The maximum absolute atomic E-state index is 9.70. The van der Waals surface area contributed by atoms with Gasteiger partial charge in [0.1, 0.15) is 5.60 Å². The minimum Gasteiger partial charge on any atom is -0.390 e. The van der Waals surface area contributed by atoms with E-state index < -0.39 is 11.7 Å². The molecule has 1 saturated heterocycles. The van der Waals surface area contributed by atoms with Gasteiger partial charge in [0, 0.05) is 13.7 Å². The Morgan fingerprint density at radius 2 is 2.45 bits per heavy atom. The van der Waals surface area contributed by atoms with Crippen LogP contribution in [0.5, 0.6) is 0 Å². The number of hydrogen-bond acceptors (Lipinski definition) is 4. The Morgan fingerprint density at radius 3 is 3.00 bits per heavy atom. The van der Waals surface area contributed by atoms with E-state index in [1.807, 2.05) is 0 Å². The van der Waals surface area contributed by atoms with E-state index in [1.54, 1.807) is 0 Å². The van der Waals surface area contributed by atoms with Crippen molar-refractivity contribution in [3.8, 4) is 0 Å². The van der Waals surface area contributed by atoms with Gasteiger partial charge in [-0.3, -0.25) is 0 Å². The van der Waals surface area contributed by atoms with E-state index in [2.05, 4.69) is 5.32 Å². The molecule has 11 heavy (non-hydrogen) atoms. The molecule has 66 valence electrons. The van der Waals surface area contributed by atoms with E-state index in [-0.39, 0.29) is 6.61 Å². The largest absolute Gasteiger partial charge is 0.390 e. The van der Waals surface area contributed by atoms with Gasteiger partial charge in [-0.2, -0.15) is 0 Å². The first-order chi connectivity index (χ1) is 5.19. The average Bonchev–Trinajstić information content (AvgIpc) is 1.96. The van der Waals surface area contributed by atoms with Crippen LogP contribution in [0.15, 0.2) is 0 Å². The molecule has 2 unspecified atom stereocenters. The first-order valence-electron chi connectivity index (χ1n) is 3.79. The van der Waals surface area contributed by atoms with Gasteiger partial charge in [-0.25, -0.2) is 0 Å². The van der Waals surface area contributed by atoms with E-state index in [9.17, 15) is 10.2 Å². The number of aliphatic hydroxyl groups excluding tert-OH is 1. The van der Waals surface area contributed by atoms with Crippen LogP contribution in [0.1, 0.15) is 6.42 Å². The molecule has 0 aliphatic carbocycles. The number of nitrogens with one attached hydrogen (secondary N) is 1. The zero-order chi connectivity index (χ0) is 8.32. The Kier molecular flexibility index (Phi) is 2.84. The van der Waals surface area contributed by atoms with Crippen LogP contribution < -0.4 is 5.32 Å². The van der Waals surface area contributed by atoms with Crippen LogP contribution in [0.2, 0.25) is 0 Å². The monoisotopic (exact) mass is 161 g/mol. The van der Waals surface area contributed by atoms with Crippen molar-refractivity contribution in [2.24, 2.45) is 0 Å². The van der Waals surface area contributed by atoms with Crippen molar-refractivity contribution in [2.45, 2.75) is 18.1 Å². The van der Waals surface area contributed by atoms with Crippen molar-refractivity contribution in [3.05, 3.63) is 0 Å². The van der Waals surface area contributed by atoms with Gasteiger partial charge in [0.05, 0.1) is 12.7 Å². The molecular weight excluding hydrogens is 146 g/mol. The van der Waals surface area contributed by atoms with Crippen LogP contribution in [0.25, 0.3) is 0 Å². The van der Waals surface area contributed by atoms with Crippen molar-refractivity contribution in [1.29, 1.82) is 0 Å². The lowest BCUT2D eigenvalue weighted by Crippen LogP contribution is -2.58. The van der Waals surface area contributed by atoms with Gasteiger partial charge in [-0.05, 0) is 13.0 Å². The highest BCUT2D eigenvalue weighted by Gasteiger charge is 2.37. The topological polar surface area (TPSA) is 61.7 Å². The summed E-state index contributed by atoms with van der Waals surface area (Å²) >= 11 is 0. The van der Waals surface area contributed by atoms with Gasteiger partial charge in [0.25, 0.3) is 0 Å². The summed E-state index contributed by atoms with van der Waals surface area (Å²) < 4.78 is 4.80. The Bertz CT molecular complexity index is 127. The standard InChI is InChI=1S/C7H15NO3/c1-11-5-7(10)4-8-3-2-6(7)9/h6,8-10H,2-5H2,1H3. The smallest absolute Gasteiger partial charge is 0.126 e. The Hall–Kier alpha value is -0.160. The lowest BCUT2D eigenvalue weighted by Gasteiger charge is -2.36. The fourth-order valence-corrected chi connectivity index (χ4v) is 1.33. The summed E-state index contributed by atoms with van der Waals surface area (Å²) in [4.78, 5) is 0. The quantitative estimate of drug-likeness (QED) is 0.472. The molecule has 1 aliphatic rings. The van der Waals surface area contributed by atoms with Crippen LogP contribution in [-0.2, 0) is 4.74 Å². The second kappa shape index (κ2) is 3.49. The minimum absolute atomic E-state index is 0.182. The van der Waals surface area contributed by atoms with Crippen LogP contribution in [0.4, 0.5) is 0 Å². The summed E-state index contributed by atoms with van der Waals surface area (Å²) in [7, 11) is 1.51. The highest BCUT2D eigenvalue weighted by atomic mass is 16.5. The van der Waals surface area contributed by atoms with Gasteiger partial charge in [0.15, 0.2) is 0 Å². The van der Waals surface area contributed by atoms with Crippen LogP contribution in [0.3, 0.4) is 0 Å². The Balaban J connectivity index is 2.49. The summed E-state index contributed by atoms with van der Waals surface area (Å²) in [6.45, 7) is 1.34. The van der Waals surface area contributed by atoms with Gasteiger partial charge in [0.2, 0.25) is 0 Å². The second-order valence-electron chi connectivity index (χ2n) is 3.02. The van der Waals surface area contributed by atoms with E-state index >= 15 is 0 Å². The molecule has 3 N–H and O–H groups in total. The van der Waals surface area contributed by atoms with Gasteiger partial charge < -0.3 is 20.3 Å². The molecule has 0 aromatic carbocycles. The predicted molar refractivity (Wildman–Crippen MR) is 40.3 cm³/mol. The van der Waals surface area contributed by atoms with Crippen molar-refractivity contribution in [3.63, 3.8) is 0 Å². The number of piperidine rings is 1. The van der Waals surface area contributed by atoms with E-state index in [1.165, 1.54) is 7.11 Å². The van der Waals surface area contributed by atoms with Gasteiger partial charge in [-0.1, -0.05) is 0 Å². The lowest BCUT2D eigenvalue weighted by molar-refractivity contribution is -0.124. The molecular formula is C7H15NO3. The molecule has 1 heterocycles. The maximum Gasteiger partial charge on any atom is 0.126 e. The van der Waals surface area contributed by atoms with Crippen molar-refractivity contribution >= 4 is 0 Å². The number of methoxy groups -OCH3 is 1. The molecule has 0 bridgehead atoms. The molecule has 0 amide bonds. The highest BCUT2D eigenvalue weighted by molar-refractivity contribution is 4.92. The summed E-state index contributed by atoms with van der Waals surface area (Å²) in [6.07, 6.45) is -0.0800. The number of β-amino-alcohol motifs (C(OH)–C–C–N with tert-alkyl or cyclic N) is 1. The predicted octanol–water partition coefficient (Wildman–Crippen LogP) is -1.28. The first kappa shape index (κ1) is 8.93. The number of rotatable bonds is 2. The molecule has 4 nitrogen and oxygen atoms in total. The number of aliphatic hydroxyl groups is 2. The van der Waals surface area contributed by atoms with Crippen LogP contribution in [0, 0.1) is 0 Å². The SMILES string of the molecule is COCC1(O)CNCCC1O. The zero-order valence-electron chi connectivity index (χ0n) is 6.71. The normalized spacial score (nSPS) is 39.0. The molecule has 0 saturated carbocycles. The zero-order valence-corrected chi connectivity index (χ0v) is 6.71. The van der Waals surface area contributed by atoms with E-state index in [0.717, 1.165) is 6.54 Å². The third-order valence-corrected chi connectivity index (χ3v) is 2.04.